The zero-order valence-electron chi connectivity index (χ0n) is 12.6. The van der Waals surface area contributed by atoms with E-state index in [1.165, 1.54) is 5.56 Å². The average Bonchev–Trinajstić information content (AvgIpc) is 3.04. The number of nitrogens with zero attached hydrogens (tertiary/aromatic N) is 1. The standard InChI is InChI=1S/C18H14Cl2N2O2/c19-11-5-7-16-14(9-11)12-2-1-3-13(12)18(21-16)10-4-6-15(20)17(8-10)22(23)24/h1-2,4-9,12-13,18,21H,3H2/t12-,13+,18+/m1/s1. The van der Waals surface area contributed by atoms with Crippen molar-refractivity contribution in [3.8, 4) is 0 Å². The Kier molecular flexibility index (Phi) is 3.74. The molecule has 0 saturated carbocycles. The molecule has 0 unspecified atom stereocenters. The molecule has 0 aromatic heterocycles. The summed E-state index contributed by atoms with van der Waals surface area (Å²) in [5, 5.41) is 15.6. The fourth-order valence-corrected chi connectivity index (χ4v) is 4.13. The van der Waals surface area contributed by atoms with Gasteiger partial charge in [0.15, 0.2) is 0 Å². The van der Waals surface area contributed by atoms with E-state index < -0.39 is 4.92 Å². The van der Waals surface area contributed by atoms with E-state index >= 15 is 0 Å². The molecule has 0 radical (unpaired) electrons. The SMILES string of the molecule is O=[N+]([O-])c1cc([C@@H]2Nc3ccc(Cl)cc3[C@@H]3C=CC[C@@H]32)ccc1Cl. The van der Waals surface area contributed by atoms with Crippen molar-refractivity contribution in [1.29, 1.82) is 0 Å². The number of rotatable bonds is 2. The van der Waals surface area contributed by atoms with E-state index in [2.05, 4.69) is 17.5 Å². The number of hydrogen-bond donors (Lipinski definition) is 1. The average molecular weight is 361 g/mol. The topological polar surface area (TPSA) is 55.2 Å². The molecule has 3 atom stereocenters. The third-order valence-electron chi connectivity index (χ3n) is 4.85. The summed E-state index contributed by atoms with van der Waals surface area (Å²) in [4.78, 5) is 10.8. The van der Waals surface area contributed by atoms with Gasteiger partial charge in [0.25, 0.3) is 5.69 Å². The van der Waals surface area contributed by atoms with Crippen molar-refractivity contribution < 1.29 is 4.92 Å². The molecule has 1 aliphatic heterocycles. The zero-order valence-corrected chi connectivity index (χ0v) is 14.1. The number of halogens is 2. The minimum absolute atomic E-state index is 0.00496. The van der Waals surface area contributed by atoms with Crippen molar-refractivity contribution in [2.75, 3.05) is 5.32 Å². The summed E-state index contributed by atoms with van der Waals surface area (Å²) in [5.74, 6) is 0.566. The van der Waals surface area contributed by atoms with Crippen LogP contribution in [0.15, 0.2) is 48.6 Å². The van der Waals surface area contributed by atoms with Crippen LogP contribution in [-0.2, 0) is 0 Å². The van der Waals surface area contributed by atoms with E-state index in [0.29, 0.717) is 5.92 Å². The van der Waals surface area contributed by atoms with Crippen molar-refractivity contribution in [1.82, 2.24) is 0 Å². The minimum Gasteiger partial charge on any atom is -0.378 e. The molecule has 1 aliphatic carbocycles. The molecule has 122 valence electrons. The van der Waals surface area contributed by atoms with Gasteiger partial charge in [0.1, 0.15) is 5.02 Å². The van der Waals surface area contributed by atoms with Crippen LogP contribution >= 0.6 is 23.2 Å². The van der Waals surface area contributed by atoms with Gasteiger partial charge in [0.05, 0.1) is 11.0 Å². The van der Waals surface area contributed by atoms with E-state index in [9.17, 15) is 10.1 Å². The second-order valence-corrected chi connectivity index (χ2v) is 7.02. The summed E-state index contributed by atoms with van der Waals surface area (Å²) in [5.41, 5.74) is 3.03. The molecule has 2 aromatic carbocycles. The first kappa shape index (κ1) is 15.5. The predicted molar refractivity (Wildman–Crippen MR) is 95.9 cm³/mol. The van der Waals surface area contributed by atoms with Crippen molar-refractivity contribution in [3.05, 3.63) is 79.8 Å². The molecule has 2 aromatic rings. The normalized spacial score (nSPS) is 24.2. The molecule has 4 nitrogen and oxygen atoms in total. The predicted octanol–water partition coefficient (Wildman–Crippen LogP) is 5.73. The third kappa shape index (κ3) is 2.46. The van der Waals surface area contributed by atoms with E-state index in [1.54, 1.807) is 12.1 Å². The maximum absolute atomic E-state index is 11.2. The van der Waals surface area contributed by atoms with Crippen LogP contribution in [0.1, 0.15) is 29.5 Å². The Labute approximate surface area is 149 Å². The lowest BCUT2D eigenvalue weighted by Crippen LogP contribution is -2.29. The largest absolute Gasteiger partial charge is 0.378 e. The van der Waals surface area contributed by atoms with Crippen molar-refractivity contribution in [3.63, 3.8) is 0 Å². The molecule has 0 bridgehead atoms. The van der Waals surface area contributed by atoms with Gasteiger partial charge in [-0.2, -0.15) is 0 Å². The first-order chi connectivity index (χ1) is 11.5. The Bertz CT molecular complexity index is 866. The monoisotopic (exact) mass is 360 g/mol. The fourth-order valence-electron chi connectivity index (χ4n) is 3.76. The van der Waals surface area contributed by atoms with Gasteiger partial charge in [0, 0.05) is 22.7 Å². The second-order valence-electron chi connectivity index (χ2n) is 6.18. The number of nitro groups is 1. The summed E-state index contributed by atoms with van der Waals surface area (Å²) >= 11 is 12.1. The molecule has 4 rings (SSSR count). The van der Waals surface area contributed by atoms with Gasteiger partial charge in [0.2, 0.25) is 0 Å². The first-order valence-corrected chi connectivity index (χ1v) is 8.46. The lowest BCUT2D eigenvalue weighted by atomic mass is 9.77. The zero-order chi connectivity index (χ0) is 16.8. The summed E-state index contributed by atoms with van der Waals surface area (Å²) in [6.45, 7) is 0. The summed E-state index contributed by atoms with van der Waals surface area (Å²) in [7, 11) is 0. The smallest absolute Gasteiger partial charge is 0.288 e. The molecule has 1 heterocycles. The van der Waals surface area contributed by atoms with E-state index in [1.807, 2.05) is 24.3 Å². The number of allylic oxidation sites excluding steroid dienone is 2. The van der Waals surface area contributed by atoms with E-state index in [-0.39, 0.29) is 22.7 Å². The Balaban J connectivity index is 1.79. The Hall–Kier alpha value is -2.04. The Morgan fingerprint density at radius 2 is 2.00 bits per heavy atom. The molecule has 6 heteroatoms. The molecular formula is C18H14Cl2N2O2. The number of fused-ring (bicyclic) bond motifs is 3. The van der Waals surface area contributed by atoms with Crippen LogP contribution in [-0.4, -0.2) is 4.92 Å². The van der Waals surface area contributed by atoms with Crippen LogP contribution in [0.25, 0.3) is 0 Å². The Morgan fingerprint density at radius 1 is 1.17 bits per heavy atom. The van der Waals surface area contributed by atoms with Crippen molar-refractivity contribution >= 4 is 34.6 Å². The van der Waals surface area contributed by atoms with E-state index in [4.69, 9.17) is 23.2 Å². The van der Waals surface area contributed by atoms with Crippen molar-refractivity contribution in [2.24, 2.45) is 5.92 Å². The van der Waals surface area contributed by atoms with Gasteiger partial charge in [-0.05, 0) is 47.7 Å². The quantitative estimate of drug-likeness (QED) is 0.422. The summed E-state index contributed by atoms with van der Waals surface area (Å²) < 4.78 is 0. The lowest BCUT2D eigenvalue weighted by molar-refractivity contribution is -0.384. The molecule has 24 heavy (non-hydrogen) atoms. The molecule has 1 N–H and O–H groups in total. The molecule has 0 fully saturated rings. The minimum atomic E-state index is -0.438. The number of nitro benzene ring substituents is 1. The van der Waals surface area contributed by atoms with Crippen LogP contribution in [0.2, 0.25) is 10.0 Å². The van der Waals surface area contributed by atoms with Crippen LogP contribution in [0.5, 0.6) is 0 Å². The first-order valence-electron chi connectivity index (χ1n) is 7.71. The van der Waals surface area contributed by atoms with Crippen LogP contribution in [0.4, 0.5) is 11.4 Å². The Morgan fingerprint density at radius 3 is 2.79 bits per heavy atom. The molecule has 0 saturated heterocycles. The molecule has 0 amide bonds. The van der Waals surface area contributed by atoms with Gasteiger partial charge in [-0.3, -0.25) is 10.1 Å². The summed E-state index contributed by atoms with van der Waals surface area (Å²) in [6, 6.07) is 10.9. The summed E-state index contributed by atoms with van der Waals surface area (Å²) in [6.07, 6.45) is 5.30. The van der Waals surface area contributed by atoms with Gasteiger partial charge < -0.3 is 5.32 Å². The fraction of sp³-hybridized carbons (Fsp3) is 0.222. The van der Waals surface area contributed by atoms with Gasteiger partial charge >= 0.3 is 0 Å². The highest BCUT2D eigenvalue weighted by atomic mass is 35.5. The van der Waals surface area contributed by atoms with Crippen LogP contribution in [0.3, 0.4) is 0 Å². The molecule has 2 aliphatic rings. The second kappa shape index (κ2) is 5.80. The highest BCUT2D eigenvalue weighted by Crippen LogP contribution is 2.50. The molecular weight excluding hydrogens is 347 g/mol. The number of hydrogen-bond acceptors (Lipinski definition) is 3. The highest BCUT2D eigenvalue weighted by molar-refractivity contribution is 6.32. The number of benzene rings is 2. The number of nitrogens with one attached hydrogen (secondary N) is 1. The van der Waals surface area contributed by atoms with Gasteiger partial charge in [-0.15, -0.1) is 0 Å². The number of anilines is 1. The van der Waals surface area contributed by atoms with Crippen molar-refractivity contribution in [2.45, 2.75) is 18.4 Å². The van der Waals surface area contributed by atoms with Crippen LogP contribution < -0.4 is 5.32 Å². The molecule has 0 spiro atoms. The maximum Gasteiger partial charge on any atom is 0.288 e. The van der Waals surface area contributed by atoms with Gasteiger partial charge in [-0.1, -0.05) is 41.4 Å². The van der Waals surface area contributed by atoms with E-state index in [0.717, 1.165) is 22.7 Å². The van der Waals surface area contributed by atoms with Crippen LogP contribution in [0, 0.1) is 16.0 Å². The lowest BCUT2D eigenvalue weighted by Gasteiger charge is -2.37. The third-order valence-corrected chi connectivity index (χ3v) is 5.41. The maximum atomic E-state index is 11.2. The van der Waals surface area contributed by atoms with Gasteiger partial charge in [-0.25, -0.2) is 0 Å². The highest BCUT2D eigenvalue weighted by Gasteiger charge is 2.38.